The molecule has 126 valence electrons. The van der Waals surface area contributed by atoms with E-state index in [4.69, 9.17) is 5.73 Å². The van der Waals surface area contributed by atoms with Gasteiger partial charge in [-0.05, 0) is 19.3 Å². The second-order valence-electron chi connectivity index (χ2n) is 6.29. The summed E-state index contributed by atoms with van der Waals surface area (Å²) in [4.78, 5) is 27.2. The van der Waals surface area contributed by atoms with Gasteiger partial charge in [-0.25, -0.2) is 15.0 Å². The third-order valence-electron chi connectivity index (χ3n) is 4.49. The molecule has 2 aromatic heterocycles. The van der Waals surface area contributed by atoms with E-state index in [1.165, 1.54) is 11.3 Å². The second kappa shape index (κ2) is 6.35. The van der Waals surface area contributed by atoms with Gasteiger partial charge in [0.05, 0.1) is 17.9 Å². The van der Waals surface area contributed by atoms with Crippen molar-refractivity contribution in [3.8, 4) is 0 Å². The van der Waals surface area contributed by atoms with Gasteiger partial charge < -0.3 is 16.0 Å². The number of thiazole rings is 1. The molecule has 0 radical (unpaired) electrons. The van der Waals surface area contributed by atoms with Crippen LogP contribution in [0.1, 0.15) is 29.8 Å². The van der Waals surface area contributed by atoms with Crippen LogP contribution in [0.15, 0.2) is 11.7 Å². The summed E-state index contributed by atoms with van der Waals surface area (Å²) in [5.74, 6) is 1.42. The highest BCUT2D eigenvalue weighted by Crippen LogP contribution is 2.33. The molecule has 1 amide bonds. The Kier molecular flexibility index (Phi) is 4.05. The Morgan fingerprint density at radius 3 is 3.04 bits per heavy atom. The molecular weight excluding hydrogens is 324 g/mol. The standard InChI is InChI=1S/C16H20N6OS/c17-16-21-11(8-24-16)3-5-18-14-12-4-6-22(15(23)10-1-2-10)7-13(12)19-9-20-14/h8-10H,1-7H2,(H2,17,21)(H,18,19,20). The maximum Gasteiger partial charge on any atom is 0.226 e. The number of nitrogen functional groups attached to an aromatic ring is 1. The smallest absolute Gasteiger partial charge is 0.226 e. The Morgan fingerprint density at radius 2 is 2.29 bits per heavy atom. The summed E-state index contributed by atoms with van der Waals surface area (Å²) >= 11 is 1.46. The molecular formula is C16H20N6OS. The first-order valence-electron chi connectivity index (χ1n) is 8.26. The van der Waals surface area contributed by atoms with E-state index >= 15 is 0 Å². The van der Waals surface area contributed by atoms with Crippen molar-refractivity contribution in [3.63, 3.8) is 0 Å². The van der Waals surface area contributed by atoms with Gasteiger partial charge in [-0.3, -0.25) is 4.79 Å². The largest absolute Gasteiger partial charge is 0.375 e. The molecule has 1 fully saturated rings. The first-order valence-corrected chi connectivity index (χ1v) is 9.14. The van der Waals surface area contributed by atoms with Crippen LogP contribution in [0.3, 0.4) is 0 Å². The van der Waals surface area contributed by atoms with Gasteiger partial charge in [0.25, 0.3) is 0 Å². The van der Waals surface area contributed by atoms with Crippen LogP contribution in [0.5, 0.6) is 0 Å². The van der Waals surface area contributed by atoms with E-state index < -0.39 is 0 Å². The van der Waals surface area contributed by atoms with Crippen molar-refractivity contribution in [2.75, 3.05) is 24.1 Å². The molecule has 0 unspecified atom stereocenters. The molecule has 0 spiro atoms. The summed E-state index contributed by atoms with van der Waals surface area (Å²) in [7, 11) is 0. The average Bonchev–Trinajstić information content (AvgIpc) is 3.36. The third kappa shape index (κ3) is 3.19. The summed E-state index contributed by atoms with van der Waals surface area (Å²) < 4.78 is 0. The number of anilines is 2. The number of rotatable bonds is 5. The van der Waals surface area contributed by atoms with Crippen molar-refractivity contribution in [2.45, 2.75) is 32.2 Å². The van der Waals surface area contributed by atoms with E-state index in [9.17, 15) is 4.79 Å². The monoisotopic (exact) mass is 344 g/mol. The van der Waals surface area contributed by atoms with Crippen LogP contribution < -0.4 is 11.1 Å². The van der Waals surface area contributed by atoms with Gasteiger partial charge in [-0.1, -0.05) is 0 Å². The topological polar surface area (TPSA) is 97.0 Å². The summed E-state index contributed by atoms with van der Waals surface area (Å²) in [5, 5.41) is 5.96. The maximum atomic E-state index is 12.2. The van der Waals surface area contributed by atoms with Gasteiger partial charge in [0, 0.05) is 36.4 Å². The lowest BCUT2D eigenvalue weighted by atomic mass is 10.0. The molecule has 0 atom stereocenters. The highest BCUT2D eigenvalue weighted by Gasteiger charge is 2.35. The number of carbonyl (C=O) groups excluding carboxylic acids is 1. The molecule has 3 N–H and O–H groups in total. The minimum Gasteiger partial charge on any atom is -0.375 e. The number of nitrogens with one attached hydrogen (secondary N) is 1. The van der Waals surface area contributed by atoms with Crippen molar-refractivity contribution in [3.05, 3.63) is 28.7 Å². The predicted molar refractivity (Wildman–Crippen MR) is 92.6 cm³/mol. The summed E-state index contributed by atoms with van der Waals surface area (Å²) in [6.07, 6.45) is 5.27. The van der Waals surface area contributed by atoms with E-state index in [-0.39, 0.29) is 11.8 Å². The van der Waals surface area contributed by atoms with Crippen molar-refractivity contribution in [1.29, 1.82) is 0 Å². The first-order chi connectivity index (χ1) is 11.7. The second-order valence-corrected chi connectivity index (χ2v) is 7.18. The van der Waals surface area contributed by atoms with Crippen LogP contribution in [0.4, 0.5) is 10.9 Å². The lowest BCUT2D eigenvalue weighted by molar-refractivity contribution is -0.133. The van der Waals surface area contributed by atoms with E-state index in [0.29, 0.717) is 11.7 Å². The molecule has 4 rings (SSSR count). The molecule has 3 heterocycles. The molecule has 7 nitrogen and oxygen atoms in total. The number of nitrogens with two attached hydrogens (primary N) is 1. The number of hydrogen-bond donors (Lipinski definition) is 2. The van der Waals surface area contributed by atoms with E-state index in [1.54, 1.807) is 6.33 Å². The summed E-state index contributed by atoms with van der Waals surface area (Å²) in [6.45, 7) is 2.11. The Balaban J connectivity index is 1.40. The molecule has 1 aliphatic heterocycles. The van der Waals surface area contributed by atoms with Crippen molar-refractivity contribution in [1.82, 2.24) is 19.9 Å². The predicted octanol–water partition coefficient (Wildman–Crippen LogP) is 1.46. The lowest BCUT2D eigenvalue weighted by Crippen LogP contribution is -2.37. The van der Waals surface area contributed by atoms with Gasteiger partial charge in [0.2, 0.25) is 5.91 Å². The van der Waals surface area contributed by atoms with Crippen LogP contribution in [-0.4, -0.2) is 38.8 Å². The van der Waals surface area contributed by atoms with Crippen LogP contribution in [0, 0.1) is 5.92 Å². The molecule has 0 saturated heterocycles. The van der Waals surface area contributed by atoms with Gasteiger partial charge in [-0.15, -0.1) is 11.3 Å². The Morgan fingerprint density at radius 1 is 1.42 bits per heavy atom. The first kappa shape index (κ1) is 15.3. The molecule has 1 saturated carbocycles. The van der Waals surface area contributed by atoms with Gasteiger partial charge in [0.1, 0.15) is 12.1 Å². The quantitative estimate of drug-likeness (QED) is 0.852. The van der Waals surface area contributed by atoms with Crippen LogP contribution in [0.25, 0.3) is 0 Å². The van der Waals surface area contributed by atoms with Crippen LogP contribution in [0.2, 0.25) is 0 Å². The molecule has 24 heavy (non-hydrogen) atoms. The highest BCUT2D eigenvalue weighted by molar-refractivity contribution is 7.13. The van der Waals surface area contributed by atoms with E-state index in [2.05, 4.69) is 20.3 Å². The molecule has 8 heteroatoms. The molecule has 2 aromatic rings. The minimum atomic E-state index is 0.261. The number of hydrogen-bond acceptors (Lipinski definition) is 7. The Labute approximate surface area is 144 Å². The zero-order chi connectivity index (χ0) is 16.5. The number of fused-ring (bicyclic) bond motifs is 1. The number of carbonyl (C=O) groups is 1. The summed E-state index contributed by atoms with van der Waals surface area (Å²) in [6, 6.07) is 0. The highest BCUT2D eigenvalue weighted by atomic mass is 32.1. The fraction of sp³-hybridized carbons (Fsp3) is 0.500. The number of aromatic nitrogens is 3. The average molecular weight is 344 g/mol. The Bertz CT molecular complexity index is 757. The number of nitrogens with zero attached hydrogens (tertiary/aromatic N) is 4. The Hall–Kier alpha value is -2.22. The van der Waals surface area contributed by atoms with Gasteiger partial charge >= 0.3 is 0 Å². The maximum absolute atomic E-state index is 12.2. The molecule has 1 aliphatic carbocycles. The van der Waals surface area contributed by atoms with Crippen molar-refractivity contribution in [2.24, 2.45) is 5.92 Å². The zero-order valence-corrected chi connectivity index (χ0v) is 14.2. The fourth-order valence-corrected chi connectivity index (χ4v) is 3.63. The SMILES string of the molecule is Nc1nc(CCNc2ncnc3c2CCN(C(=O)C2CC2)C3)cs1. The summed E-state index contributed by atoms with van der Waals surface area (Å²) in [5.41, 5.74) is 8.74. The number of amides is 1. The lowest BCUT2D eigenvalue weighted by Gasteiger charge is -2.29. The van der Waals surface area contributed by atoms with E-state index in [1.807, 2.05) is 10.3 Å². The van der Waals surface area contributed by atoms with Crippen LogP contribution in [-0.2, 0) is 24.2 Å². The van der Waals surface area contributed by atoms with Crippen molar-refractivity contribution >= 4 is 28.2 Å². The normalized spacial score (nSPS) is 16.8. The third-order valence-corrected chi connectivity index (χ3v) is 5.21. The van der Waals surface area contributed by atoms with Crippen molar-refractivity contribution < 1.29 is 4.79 Å². The zero-order valence-electron chi connectivity index (χ0n) is 13.4. The molecule has 2 aliphatic rings. The molecule has 0 aromatic carbocycles. The minimum absolute atomic E-state index is 0.261. The van der Waals surface area contributed by atoms with Crippen LogP contribution >= 0.6 is 11.3 Å². The molecule has 0 bridgehead atoms. The fourth-order valence-electron chi connectivity index (χ4n) is 3.03. The van der Waals surface area contributed by atoms with Gasteiger partial charge in [-0.2, -0.15) is 0 Å². The van der Waals surface area contributed by atoms with Gasteiger partial charge in [0.15, 0.2) is 5.13 Å². The van der Waals surface area contributed by atoms with E-state index in [0.717, 1.165) is 61.5 Å².